The van der Waals surface area contributed by atoms with E-state index in [0.717, 1.165) is 11.3 Å². The largest absolute Gasteiger partial charge is 0.443 e. The third kappa shape index (κ3) is 4.61. The Hall–Kier alpha value is -1.27. The topological polar surface area (TPSA) is 63.7 Å². The molecule has 1 aromatic carbocycles. The fraction of sp³-hybridized carbons (Fsp3) is 0.533. The van der Waals surface area contributed by atoms with E-state index in [9.17, 15) is 13.2 Å². The van der Waals surface area contributed by atoms with Crippen LogP contribution in [0.2, 0.25) is 0 Å². The number of hydrogen-bond donors (Lipinski definition) is 0. The first kappa shape index (κ1) is 17.1. The summed E-state index contributed by atoms with van der Waals surface area (Å²) in [7, 11) is 1.75. The molecule has 0 aromatic heterocycles. The molecular weight excluding hydrogens is 326 g/mol. The van der Waals surface area contributed by atoms with Crippen molar-refractivity contribution < 1.29 is 17.9 Å². The number of carbonyl (C=O) groups is 1. The standard InChI is InChI=1S/C15H20ClNO4S/c1-15(2,3)21-14(18)17-9-11(10-22(16,19)20)8-12-6-4-5-7-13(12)17/h4-7,11H,8-10H2,1-3H3. The van der Waals surface area contributed by atoms with E-state index in [2.05, 4.69) is 0 Å². The van der Waals surface area contributed by atoms with E-state index < -0.39 is 20.7 Å². The second kappa shape index (κ2) is 6.08. The number of ether oxygens (including phenoxy) is 1. The van der Waals surface area contributed by atoms with Gasteiger partial charge in [-0.15, -0.1) is 0 Å². The number of amides is 1. The molecule has 22 heavy (non-hydrogen) atoms. The number of para-hydroxylation sites is 1. The van der Waals surface area contributed by atoms with Gasteiger partial charge in [-0.25, -0.2) is 13.2 Å². The lowest BCUT2D eigenvalue weighted by atomic mass is 9.94. The van der Waals surface area contributed by atoms with Crippen LogP contribution in [-0.4, -0.2) is 32.4 Å². The molecule has 5 nitrogen and oxygen atoms in total. The van der Waals surface area contributed by atoms with Crippen molar-refractivity contribution in [1.29, 1.82) is 0 Å². The number of halogens is 1. The maximum absolute atomic E-state index is 12.4. The zero-order valence-corrected chi connectivity index (χ0v) is 14.4. The van der Waals surface area contributed by atoms with Gasteiger partial charge in [0.1, 0.15) is 5.60 Å². The number of fused-ring (bicyclic) bond motifs is 1. The van der Waals surface area contributed by atoms with Gasteiger partial charge in [-0.2, -0.15) is 0 Å². The van der Waals surface area contributed by atoms with Gasteiger partial charge in [-0.05, 0) is 44.7 Å². The van der Waals surface area contributed by atoms with Crippen molar-refractivity contribution in [3.05, 3.63) is 29.8 Å². The molecule has 0 spiro atoms. The summed E-state index contributed by atoms with van der Waals surface area (Å²) in [5.74, 6) is -0.410. The molecule has 0 aliphatic carbocycles. The second-order valence-corrected chi connectivity index (χ2v) is 9.32. The zero-order chi connectivity index (χ0) is 16.5. The molecule has 0 N–H and O–H groups in total. The monoisotopic (exact) mass is 345 g/mol. The summed E-state index contributed by atoms with van der Waals surface area (Å²) in [6, 6.07) is 7.43. The number of carbonyl (C=O) groups excluding carboxylic acids is 1. The number of rotatable bonds is 2. The van der Waals surface area contributed by atoms with Crippen LogP contribution in [0.3, 0.4) is 0 Å². The Morgan fingerprint density at radius 3 is 2.59 bits per heavy atom. The maximum Gasteiger partial charge on any atom is 0.414 e. The lowest BCUT2D eigenvalue weighted by Gasteiger charge is -2.35. The van der Waals surface area contributed by atoms with Crippen molar-refractivity contribution in [2.75, 3.05) is 17.2 Å². The van der Waals surface area contributed by atoms with Gasteiger partial charge in [0.25, 0.3) is 0 Å². The lowest BCUT2D eigenvalue weighted by Crippen LogP contribution is -2.44. The van der Waals surface area contributed by atoms with Crippen LogP contribution in [0.1, 0.15) is 26.3 Å². The van der Waals surface area contributed by atoms with Gasteiger partial charge < -0.3 is 4.74 Å². The Bertz CT molecular complexity index is 666. The summed E-state index contributed by atoms with van der Waals surface area (Å²) in [6.07, 6.45) is 0.0955. The minimum Gasteiger partial charge on any atom is -0.443 e. The van der Waals surface area contributed by atoms with Gasteiger partial charge >= 0.3 is 6.09 Å². The van der Waals surface area contributed by atoms with E-state index in [4.69, 9.17) is 15.4 Å². The summed E-state index contributed by atoms with van der Waals surface area (Å²) < 4.78 is 28.1. The predicted molar refractivity (Wildman–Crippen MR) is 86.9 cm³/mol. The molecule has 1 heterocycles. The van der Waals surface area contributed by atoms with Crippen LogP contribution in [0.15, 0.2) is 24.3 Å². The van der Waals surface area contributed by atoms with Gasteiger partial charge in [0, 0.05) is 17.2 Å². The first-order chi connectivity index (χ1) is 10.1. The van der Waals surface area contributed by atoms with Crippen LogP contribution < -0.4 is 4.90 Å². The van der Waals surface area contributed by atoms with Crippen molar-refractivity contribution in [3.63, 3.8) is 0 Å². The Labute approximate surface area is 135 Å². The normalized spacial score (nSPS) is 18.7. The van der Waals surface area contributed by atoms with Crippen LogP contribution in [0, 0.1) is 5.92 Å². The van der Waals surface area contributed by atoms with E-state index in [1.807, 2.05) is 24.3 Å². The Morgan fingerprint density at radius 2 is 2.00 bits per heavy atom. The highest BCUT2D eigenvalue weighted by molar-refractivity contribution is 8.13. The second-order valence-electron chi connectivity index (χ2n) is 6.50. The highest BCUT2D eigenvalue weighted by Crippen LogP contribution is 2.31. The smallest absolute Gasteiger partial charge is 0.414 e. The van der Waals surface area contributed by atoms with E-state index in [-0.39, 0.29) is 18.2 Å². The molecule has 1 aromatic rings. The van der Waals surface area contributed by atoms with Crippen LogP contribution in [0.5, 0.6) is 0 Å². The van der Waals surface area contributed by atoms with E-state index >= 15 is 0 Å². The van der Waals surface area contributed by atoms with Gasteiger partial charge in [-0.1, -0.05) is 18.2 Å². The van der Waals surface area contributed by atoms with Gasteiger partial charge in [0.05, 0.1) is 11.4 Å². The molecule has 0 bridgehead atoms. The van der Waals surface area contributed by atoms with Crippen LogP contribution in [0.4, 0.5) is 10.5 Å². The van der Waals surface area contributed by atoms with Gasteiger partial charge in [-0.3, -0.25) is 4.90 Å². The third-order valence-electron chi connectivity index (χ3n) is 3.28. The molecule has 2 rings (SSSR count). The van der Waals surface area contributed by atoms with Crippen molar-refractivity contribution in [3.8, 4) is 0 Å². The van der Waals surface area contributed by atoms with Gasteiger partial charge in [0.2, 0.25) is 9.05 Å². The maximum atomic E-state index is 12.4. The fourth-order valence-electron chi connectivity index (χ4n) is 2.56. The van der Waals surface area contributed by atoms with Crippen molar-refractivity contribution in [2.24, 2.45) is 5.92 Å². The molecule has 0 radical (unpaired) electrons. The molecule has 0 fully saturated rings. The van der Waals surface area contributed by atoms with Crippen LogP contribution in [-0.2, 0) is 20.2 Å². The number of anilines is 1. The van der Waals surface area contributed by atoms with Gasteiger partial charge in [0.15, 0.2) is 0 Å². The first-order valence-electron chi connectivity index (χ1n) is 7.06. The molecule has 1 aliphatic heterocycles. The molecular formula is C15H20ClNO4S. The Balaban J connectivity index is 2.29. The minimum atomic E-state index is -3.62. The van der Waals surface area contributed by atoms with Crippen LogP contribution >= 0.6 is 10.7 Å². The molecule has 0 saturated heterocycles. The van der Waals surface area contributed by atoms with Crippen molar-refractivity contribution >= 4 is 31.5 Å². The summed E-state index contributed by atoms with van der Waals surface area (Å²) in [4.78, 5) is 13.9. The Kier molecular flexibility index (Phi) is 4.73. The van der Waals surface area contributed by atoms with Crippen molar-refractivity contribution in [2.45, 2.75) is 32.8 Å². The molecule has 0 saturated carbocycles. The third-order valence-corrected chi connectivity index (χ3v) is 4.53. The van der Waals surface area contributed by atoms with E-state index in [0.29, 0.717) is 6.42 Å². The molecule has 1 amide bonds. The quantitative estimate of drug-likeness (QED) is 0.772. The summed E-state index contributed by atoms with van der Waals surface area (Å²) in [5.41, 5.74) is 1.07. The highest BCUT2D eigenvalue weighted by Gasteiger charge is 2.33. The molecule has 122 valence electrons. The van der Waals surface area contributed by atoms with Crippen molar-refractivity contribution in [1.82, 2.24) is 0 Å². The number of benzene rings is 1. The minimum absolute atomic E-state index is 0.164. The zero-order valence-electron chi connectivity index (χ0n) is 12.9. The lowest BCUT2D eigenvalue weighted by molar-refractivity contribution is 0.0572. The first-order valence-corrected chi connectivity index (χ1v) is 9.54. The number of nitrogens with zero attached hydrogens (tertiary/aromatic N) is 1. The molecule has 1 aliphatic rings. The molecule has 1 atom stereocenters. The highest BCUT2D eigenvalue weighted by atomic mass is 35.7. The summed E-state index contributed by atoms with van der Waals surface area (Å²) in [6.45, 7) is 5.66. The Morgan fingerprint density at radius 1 is 1.36 bits per heavy atom. The average Bonchev–Trinajstić information content (AvgIpc) is 2.33. The van der Waals surface area contributed by atoms with Crippen LogP contribution in [0.25, 0.3) is 0 Å². The predicted octanol–water partition coefficient (Wildman–Crippen LogP) is 3.17. The summed E-state index contributed by atoms with van der Waals surface area (Å²) >= 11 is 0. The van der Waals surface area contributed by atoms with E-state index in [1.165, 1.54) is 4.90 Å². The fourth-order valence-corrected chi connectivity index (χ4v) is 3.88. The SMILES string of the molecule is CC(C)(C)OC(=O)N1CC(CS(=O)(=O)Cl)Cc2ccccc21. The molecule has 1 unspecified atom stereocenters. The summed E-state index contributed by atoms with van der Waals surface area (Å²) in [5, 5.41) is 0. The number of hydrogen-bond acceptors (Lipinski definition) is 4. The average molecular weight is 346 g/mol. The molecule has 7 heteroatoms. The van der Waals surface area contributed by atoms with E-state index in [1.54, 1.807) is 20.8 Å².